The number of hydrogen-bond donors (Lipinski definition) is 2. The highest BCUT2D eigenvalue weighted by molar-refractivity contribution is 7.99. The Hall–Kier alpha value is -2.21. The van der Waals surface area contributed by atoms with Gasteiger partial charge < -0.3 is 15.4 Å². The van der Waals surface area contributed by atoms with Crippen LogP contribution in [0.3, 0.4) is 0 Å². The molecule has 1 heterocycles. The molecule has 1 aliphatic rings. The molecule has 4 nitrogen and oxygen atoms in total. The number of benzene rings is 2. The minimum Gasteiger partial charge on any atom is -0.495 e. The van der Waals surface area contributed by atoms with Gasteiger partial charge in [0.1, 0.15) is 11.6 Å². The summed E-state index contributed by atoms with van der Waals surface area (Å²) >= 11 is 1.49. The molecular formula is C17H17FN2O2S. The van der Waals surface area contributed by atoms with Crippen molar-refractivity contribution in [3.8, 4) is 5.75 Å². The minimum atomic E-state index is -0.332. The molecule has 1 atom stereocenters. The Morgan fingerprint density at radius 2 is 2.09 bits per heavy atom. The van der Waals surface area contributed by atoms with Crippen LogP contribution in [-0.2, 0) is 0 Å². The largest absolute Gasteiger partial charge is 0.495 e. The van der Waals surface area contributed by atoms with Gasteiger partial charge in [-0.3, -0.25) is 0 Å². The van der Waals surface area contributed by atoms with Crippen molar-refractivity contribution in [1.82, 2.24) is 5.32 Å². The summed E-state index contributed by atoms with van der Waals surface area (Å²) in [6, 6.07) is 11.6. The van der Waals surface area contributed by atoms with E-state index in [1.165, 1.54) is 17.8 Å². The third-order valence-electron chi connectivity index (χ3n) is 3.69. The van der Waals surface area contributed by atoms with E-state index in [2.05, 4.69) is 10.6 Å². The Morgan fingerprint density at radius 3 is 2.91 bits per heavy atom. The third-order valence-corrected chi connectivity index (χ3v) is 4.85. The van der Waals surface area contributed by atoms with E-state index < -0.39 is 0 Å². The van der Waals surface area contributed by atoms with Crippen molar-refractivity contribution in [3.05, 3.63) is 53.8 Å². The lowest BCUT2D eigenvalue weighted by molar-refractivity contribution is 0.248. The van der Waals surface area contributed by atoms with E-state index in [9.17, 15) is 9.18 Å². The van der Waals surface area contributed by atoms with Crippen molar-refractivity contribution in [2.75, 3.05) is 18.2 Å². The van der Waals surface area contributed by atoms with E-state index in [0.29, 0.717) is 16.3 Å². The number of anilines is 1. The molecule has 0 saturated carbocycles. The molecule has 1 aliphatic heterocycles. The number of thioether (sulfide) groups is 1. The molecule has 0 spiro atoms. The fraction of sp³-hybridized carbons (Fsp3) is 0.235. The second-order valence-corrected chi connectivity index (χ2v) is 6.25. The summed E-state index contributed by atoms with van der Waals surface area (Å²) in [6.07, 6.45) is 0.764. The fourth-order valence-corrected chi connectivity index (χ4v) is 3.74. The second kappa shape index (κ2) is 6.91. The average Bonchev–Trinajstić information content (AvgIpc) is 2.56. The molecule has 0 unspecified atom stereocenters. The van der Waals surface area contributed by atoms with Gasteiger partial charge in [-0.25, -0.2) is 9.18 Å². The van der Waals surface area contributed by atoms with Crippen molar-refractivity contribution >= 4 is 23.5 Å². The topological polar surface area (TPSA) is 50.4 Å². The van der Waals surface area contributed by atoms with Crippen LogP contribution in [0.15, 0.2) is 47.4 Å². The van der Waals surface area contributed by atoms with Gasteiger partial charge in [0, 0.05) is 10.6 Å². The maximum atomic E-state index is 13.9. The van der Waals surface area contributed by atoms with Crippen LogP contribution in [0.25, 0.3) is 0 Å². The standard InChI is InChI=1S/C17H17FN2O2S/c1-22-15-8-3-2-7-14(15)20-17(21)19-13-9-10-23-16-11(13)5-4-6-12(16)18/h2-8,13H,9-10H2,1H3,(H2,19,20,21)/t13-/m0/s1. The summed E-state index contributed by atoms with van der Waals surface area (Å²) in [6.45, 7) is 0. The Kier molecular flexibility index (Phi) is 4.71. The number of carbonyl (C=O) groups is 1. The van der Waals surface area contributed by atoms with Crippen LogP contribution in [0.2, 0.25) is 0 Å². The van der Waals surface area contributed by atoms with Crippen molar-refractivity contribution in [2.24, 2.45) is 0 Å². The van der Waals surface area contributed by atoms with E-state index in [1.807, 2.05) is 18.2 Å². The average molecular weight is 332 g/mol. The SMILES string of the molecule is COc1ccccc1NC(=O)N[C@H]1CCSc2c(F)cccc21. The van der Waals surface area contributed by atoms with Crippen molar-refractivity contribution < 1.29 is 13.9 Å². The first kappa shape index (κ1) is 15.7. The molecular weight excluding hydrogens is 315 g/mol. The number of rotatable bonds is 3. The normalized spacial score (nSPS) is 16.3. The zero-order valence-electron chi connectivity index (χ0n) is 12.6. The summed E-state index contributed by atoms with van der Waals surface area (Å²) in [5.41, 5.74) is 1.42. The molecule has 2 amide bonds. The maximum Gasteiger partial charge on any atom is 0.319 e. The summed E-state index contributed by atoms with van der Waals surface area (Å²) in [5, 5.41) is 5.70. The highest BCUT2D eigenvalue weighted by atomic mass is 32.2. The monoisotopic (exact) mass is 332 g/mol. The maximum absolute atomic E-state index is 13.9. The summed E-state index contributed by atoms with van der Waals surface area (Å²) in [7, 11) is 1.55. The number of methoxy groups -OCH3 is 1. The Bertz CT molecular complexity index is 723. The van der Waals surface area contributed by atoms with Gasteiger partial charge in [0.25, 0.3) is 0 Å². The van der Waals surface area contributed by atoms with E-state index in [4.69, 9.17) is 4.74 Å². The van der Waals surface area contributed by atoms with Gasteiger partial charge in [-0.1, -0.05) is 24.3 Å². The van der Waals surface area contributed by atoms with Gasteiger partial charge in [0.05, 0.1) is 18.8 Å². The summed E-state index contributed by atoms with van der Waals surface area (Å²) in [4.78, 5) is 12.9. The first-order valence-electron chi connectivity index (χ1n) is 7.31. The number of fused-ring (bicyclic) bond motifs is 1. The number of carbonyl (C=O) groups excluding carboxylic acids is 1. The van der Waals surface area contributed by atoms with Gasteiger partial charge in [0.15, 0.2) is 0 Å². The summed E-state index contributed by atoms with van der Waals surface area (Å²) in [5.74, 6) is 1.13. The minimum absolute atomic E-state index is 0.198. The van der Waals surface area contributed by atoms with Crippen LogP contribution in [0.4, 0.5) is 14.9 Å². The number of hydrogen-bond acceptors (Lipinski definition) is 3. The Labute approximate surface area is 138 Å². The molecule has 120 valence electrons. The number of urea groups is 1. The van der Waals surface area contributed by atoms with E-state index >= 15 is 0 Å². The van der Waals surface area contributed by atoms with Crippen LogP contribution in [-0.4, -0.2) is 18.9 Å². The fourth-order valence-electron chi connectivity index (χ4n) is 2.60. The molecule has 0 fully saturated rings. The van der Waals surface area contributed by atoms with Gasteiger partial charge in [-0.15, -0.1) is 11.8 Å². The smallest absolute Gasteiger partial charge is 0.319 e. The lowest BCUT2D eigenvalue weighted by atomic mass is 10.0. The molecule has 2 aromatic rings. The first-order chi connectivity index (χ1) is 11.2. The Morgan fingerprint density at radius 1 is 1.26 bits per heavy atom. The van der Waals surface area contributed by atoms with Crippen LogP contribution in [0.1, 0.15) is 18.0 Å². The second-order valence-electron chi connectivity index (χ2n) is 5.15. The Balaban J connectivity index is 1.73. The van der Waals surface area contributed by atoms with Crippen LogP contribution < -0.4 is 15.4 Å². The van der Waals surface area contributed by atoms with Crippen molar-refractivity contribution in [1.29, 1.82) is 0 Å². The quantitative estimate of drug-likeness (QED) is 0.886. The highest BCUT2D eigenvalue weighted by Gasteiger charge is 2.24. The number of halogens is 1. The third kappa shape index (κ3) is 3.42. The predicted octanol–water partition coefficient (Wildman–Crippen LogP) is 4.19. The number of para-hydroxylation sites is 2. The molecule has 0 radical (unpaired) electrons. The molecule has 3 rings (SSSR count). The lowest BCUT2D eigenvalue weighted by Gasteiger charge is -2.26. The molecule has 0 aromatic heterocycles. The highest BCUT2D eigenvalue weighted by Crippen LogP contribution is 2.37. The zero-order valence-corrected chi connectivity index (χ0v) is 13.5. The molecule has 0 saturated heterocycles. The van der Waals surface area contributed by atoms with Gasteiger partial charge in [-0.2, -0.15) is 0 Å². The van der Waals surface area contributed by atoms with E-state index in [1.54, 1.807) is 25.3 Å². The lowest BCUT2D eigenvalue weighted by Crippen LogP contribution is -2.34. The van der Waals surface area contributed by atoms with Crippen molar-refractivity contribution in [2.45, 2.75) is 17.4 Å². The van der Waals surface area contributed by atoms with Crippen LogP contribution in [0.5, 0.6) is 5.75 Å². The van der Waals surface area contributed by atoms with Crippen LogP contribution >= 0.6 is 11.8 Å². The first-order valence-corrected chi connectivity index (χ1v) is 8.29. The van der Waals surface area contributed by atoms with E-state index in [0.717, 1.165) is 17.7 Å². The number of nitrogens with one attached hydrogen (secondary N) is 2. The molecule has 0 aliphatic carbocycles. The number of amides is 2. The molecule has 2 N–H and O–H groups in total. The van der Waals surface area contributed by atoms with Crippen LogP contribution in [0, 0.1) is 5.82 Å². The van der Waals surface area contributed by atoms with Gasteiger partial charge in [-0.05, 0) is 30.2 Å². The molecule has 6 heteroatoms. The summed E-state index contributed by atoms with van der Waals surface area (Å²) < 4.78 is 19.1. The zero-order chi connectivity index (χ0) is 16.2. The van der Waals surface area contributed by atoms with Gasteiger partial charge >= 0.3 is 6.03 Å². The molecule has 2 aromatic carbocycles. The number of ether oxygens (including phenoxy) is 1. The predicted molar refractivity (Wildman–Crippen MR) is 89.6 cm³/mol. The van der Waals surface area contributed by atoms with Crippen molar-refractivity contribution in [3.63, 3.8) is 0 Å². The molecule has 0 bridgehead atoms. The van der Waals surface area contributed by atoms with Gasteiger partial charge in [0.2, 0.25) is 0 Å². The van der Waals surface area contributed by atoms with E-state index in [-0.39, 0.29) is 17.9 Å². The molecule has 23 heavy (non-hydrogen) atoms.